The first-order valence-electron chi connectivity index (χ1n) is 8.03. The number of amides is 1. The van der Waals surface area contributed by atoms with Gasteiger partial charge in [0, 0.05) is 9.75 Å². The lowest BCUT2D eigenvalue weighted by Gasteiger charge is -2.32. The SMILES string of the molecule is Cc1cc(CNC(=O)c2nc3n(c(=O)c2O)CCOC3(C)C)sc1C. The molecule has 7 nitrogen and oxygen atoms in total. The summed E-state index contributed by atoms with van der Waals surface area (Å²) in [5.74, 6) is -0.866. The number of rotatable bonds is 3. The fourth-order valence-corrected chi connectivity index (χ4v) is 3.81. The normalized spacial score (nSPS) is 15.7. The zero-order valence-electron chi connectivity index (χ0n) is 14.7. The smallest absolute Gasteiger partial charge is 0.296 e. The zero-order valence-corrected chi connectivity index (χ0v) is 15.5. The molecular formula is C17H21N3O4S. The van der Waals surface area contributed by atoms with Crippen molar-refractivity contribution in [3.05, 3.63) is 43.3 Å². The fraction of sp³-hybridized carbons (Fsp3) is 0.471. The molecule has 0 bridgehead atoms. The van der Waals surface area contributed by atoms with E-state index in [0.29, 0.717) is 25.5 Å². The van der Waals surface area contributed by atoms with Gasteiger partial charge in [-0.2, -0.15) is 0 Å². The number of carbonyl (C=O) groups is 1. The molecule has 25 heavy (non-hydrogen) atoms. The number of ether oxygens (including phenoxy) is 1. The van der Waals surface area contributed by atoms with Gasteiger partial charge in [-0.05, 0) is 39.3 Å². The van der Waals surface area contributed by atoms with Gasteiger partial charge < -0.3 is 15.2 Å². The van der Waals surface area contributed by atoms with E-state index >= 15 is 0 Å². The standard InChI is InChI=1S/C17H21N3O4S/c1-9-7-11(25-10(9)2)8-18-14(22)12-13(21)15(23)20-5-6-24-17(3,4)16(20)19-12/h7,21H,5-6,8H2,1-4H3,(H,18,22). The molecule has 2 aromatic rings. The van der Waals surface area contributed by atoms with Crippen LogP contribution in [0.15, 0.2) is 10.9 Å². The van der Waals surface area contributed by atoms with Gasteiger partial charge in [-0.1, -0.05) is 0 Å². The van der Waals surface area contributed by atoms with E-state index in [-0.39, 0.29) is 5.69 Å². The van der Waals surface area contributed by atoms with Gasteiger partial charge >= 0.3 is 0 Å². The van der Waals surface area contributed by atoms with Gasteiger partial charge in [0.2, 0.25) is 5.75 Å². The van der Waals surface area contributed by atoms with E-state index in [0.717, 1.165) is 4.88 Å². The van der Waals surface area contributed by atoms with E-state index < -0.39 is 22.8 Å². The highest BCUT2D eigenvalue weighted by atomic mass is 32.1. The molecule has 2 aromatic heterocycles. The number of thiophene rings is 1. The summed E-state index contributed by atoms with van der Waals surface area (Å²) in [4.78, 5) is 31.3. The van der Waals surface area contributed by atoms with Crippen molar-refractivity contribution in [2.45, 2.75) is 46.4 Å². The summed E-state index contributed by atoms with van der Waals surface area (Å²) >= 11 is 1.60. The van der Waals surface area contributed by atoms with E-state index in [1.807, 2.05) is 19.9 Å². The number of nitrogens with zero attached hydrogens (tertiary/aromatic N) is 2. The molecule has 0 fully saturated rings. The van der Waals surface area contributed by atoms with Gasteiger partial charge in [0.1, 0.15) is 11.4 Å². The molecule has 3 rings (SSSR count). The number of nitrogens with one attached hydrogen (secondary N) is 1. The van der Waals surface area contributed by atoms with Crippen LogP contribution in [0, 0.1) is 13.8 Å². The molecule has 1 aliphatic heterocycles. The van der Waals surface area contributed by atoms with Crippen LogP contribution in [-0.4, -0.2) is 27.2 Å². The molecule has 1 amide bonds. The molecule has 134 valence electrons. The number of aromatic nitrogens is 2. The van der Waals surface area contributed by atoms with E-state index in [1.54, 1.807) is 25.2 Å². The lowest BCUT2D eigenvalue weighted by Crippen LogP contribution is -2.42. The Labute approximate surface area is 149 Å². The average molecular weight is 363 g/mol. The van der Waals surface area contributed by atoms with Crippen molar-refractivity contribution in [1.82, 2.24) is 14.9 Å². The molecule has 3 heterocycles. The molecule has 0 saturated carbocycles. The van der Waals surface area contributed by atoms with E-state index in [1.165, 1.54) is 15.0 Å². The van der Waals surface area contributed by atoms with Gasteiger partial charge in [-0.15, -0.1) is 11.3 Å². The Hall–Kier alpha value is -2.19. The Morgan fingerprint density at radius 1 is 1.48 bits per heavy atom. The lowest BCUT2D eigenvalue weighted by molar-refractivity contribution is -0.0566. The highest BCUT2D eigenvalue weighted by Crippen LogP contribution is 2.27. The van der Waals surface area contributed by atoms with E-state index in [4.69, 9.17) is 4.74 Å². The first-order valence-corrected chi connectivity index (χ1v) is 8.84. The van der Waals surface area contributed by atoms with Crippen molar-refractivity contribution in [3.63, 3.8) is 0 Å². The van der Waals surface area contributed by atoms with Crippen molar-refractivity contribution in [2.75, 3.05) is 6.61 Å². The molecule has 0 saturated heterocycles. The Bertz CT molecular complexity index is 879. The number of fused-ring (bicyclic) bond motifs is 1. The predicted molar refractivity (Wildman–Crippen MR) is 94.1 cm³/mol. The highest BCUT2D eigenvalue weighted by Gasteiger charge is 2.34. The topological polar surface area (TPSA) is 93.5 Å². The first-order chi connectivity index (χ1) is 11.7. The van der Waals surface area contributed by atoms with Crippen molar-refractivity contribution in [1.29, 1.82) is 0 Å². The average Bonchev–Trinajstić information content (AvgIpc) is 2.87. The monoisotopic (exact) mass is 363 g/mol. The van der Waals surface area contributed by atoms with Crippen LogP contribution < -0.4 is 10.9 Å². The largest absolute Gasteiger partial charge is 0.501 e. The highest BCUT2D eigenvalue weighted by molar-refractivity contribution is 7.12. The summed E-state index contributed by atoms with van der Waals surface area (Å²) in [7, 11) is 0. The Balaban J connectivity index is 1.90. The number of aromatic hydroxyl groups is 1. The summed E-state index contributed by atoms with van der Waals surface area (Å²) in [6.45, 7) is 8.55. The fourth-order valence-electron chi connectivity index (χ4n) is 2.81. The van der Waals surface area contributed by atoms with Crippen LogP contribution in [0.1, 0.15) is 45.5 Å². The van der Waals surface area contributed by atoms with Crippen LogP contribution >= 0.6 is 11.3 Å². The third kappa shape index (κ3) is 3.19. The maximum absolute atomic E-state index is 12.5. The lowest BCUT2D eigenvalue weighted by atomic mass is 10.1. The minimum atomic E-state index is -0.803. The molecule has 8 heteroatoms. The van der Waals surface area contributed by atoms with Crippen molar-refractivity contribution in [2.24, 2.45) is 0 Å². The molecule has 0 spiro atoms. The minimum absolute atomic E-state index is 0.264. The quantitative estimate of drug-likeness (QED) is 0.868. The van der Waals surface area contributed by atoms with Crippen molar-refractivity contribution >= 4 is 17.2 Å². The van der Waals surface area contributed by atoms with Crippen LogP contribution in [0.4, 0.5) is 0 Å². The predicted octanol–water partition coefficient (Wildman–Crippen LogP) is 1.82. The Morgan fingerprint density at radius 2 is 2.20 bits per heavy atom. The number of hydrogen-bond acceptors (Lipinski definition) is 6. The van der Waals surface area contributed by atoms with Crippen molar-refractivity contribution in [3.8, 4) is 5.75 Å². The molecule has 0 aromatic carbocycles. The van der Waals surface area contributed by atoms with Crippen molar-refractivity contribution < 1.29 is 14.6 Å². The molecule has 0 atom stereocenters. The van der Waals surface area contributed by atoms with Crippen LogP contribution in [0.3, 0.4) is 0 Å². The summed E-state index contributed by atoms with van der Waals surface area (Å²) in [6, 6.07) is 2.01. The molecule has 0 unspecified atom stereocenters. The van der Waals surface area contributed by atoms with Gasteiger partial charge in [0.15, 0.2) is 5.69 Å². The van der Waals surface area contributed by atoms with E-state index in [9.17, 15) is 14.7 Å². The number of aryl methyl sites for hydroxylation is 2. The summed E-state index contributed by atoms with van der Waals surface area (Å²) < 4.78 is 7.00. The molecule has 1 aliphatic rings. The molecule has 0 aliphatic carbocycles. The molecule has 2 N–H and O–H groups in total. The second-order valence-electron chi connectivity index (χ2n) is 6.58. The number of hydrogen-bond donors (Lipinski definition) is 2. The molecule has 0 radical (unpaired) electrons. The van der Waals surface area contributed by atoms with Crippen LogP contribution in [-0.2, 0) is 23.4 Å². The Morgan fingerprint density at radius 3 is 2.84 bits per heavy atom. The first kappa shape index (κ1) is 17.6. The second kappa shape index (κ2) is 6.27. The minimum Gasteiger partial charge on any atom is -0.501 e. The third-order valence-corrected chi connectivity index (χ3v) is 5.47. The summed E-state index contributed by atoms with van der Waals surface area (Å²) in [6.07, 6.45) is 0. The van der Waals surface area contributed by atoms with Crippen LogP contribution in [0.5, 0.6) is 5.75 Å². The molecular weight excluding hydrogens is 342 g/mol. The third-order valence-electron chi connectivity index (χ3n) is 4.32. The van der Waals surface area contributed by atoms with E-state index in [2.05, 4.69) is 10.3 Å². The number of carbonyl (C=O) groups excluding carboxylic acids is 1. The summed E-state index contributed by atoms with van der Waals surface area (Å²) in [5.41, 5.74) is -0.516. The Kier molecular flexibility index (Phi) is 4.42. The second-order valence-corrected chi connectivity index (χ2v) is 7.92. The van der Waals surface area contributed by atoms with Crippen LogP contribution in [0.25, 0.3) is 0 Å². The zero-order chi connectivity index (χ0) is 18.4. The van der Waals surface area contributed by atoms with Gasteiger partial charge in [-0.3, -0.25) is 14.2 Å². The summed E-state index contributed by atoms with van der Waals surface area (Å²) in [5, 5.41) is 12.9. The van der Waals surface area contributed by atoms with Gasteiger partial charge in [0.05, 0.1) is 19.7 Å². The van der Waals surface area contributed by atoms with Gasteiger partial charge in [0.25, 0.3) is 11.5 Å². The maximum atomic E-state index is 12.5. The maximum Gasteiger partial charge on any atom is 0.296 e. The van der Waals surface area contributed by atoms with Gasteiger partial charge in [-0.25, -0.2) is 4.98 Å². The van der Waals surface area contributed by atoms with Crippen LogP contribution in [0.2, 0.25) is 0 Å².